The molecule has 14 nitrogen and oxygen atoms in total. The number of carboxylic acids is 1. The second-order valence-electron chi connectivity index (χ2n) is 15.5. The summed E-state index contributed by atoms with van der Waals surface area (Å²) in [7, 11) is 4.56. The highest BCUT2D eigenvalue weighted by molar-refractivity contribution is 6.35. The quantitative estimate of drug-likeness (QED) is 0.164. The van der Waals surface area contributed by atoms with E-state index in [2.05, 4.69) is 10.2 Å². The third kappa shape index (κ3) is 10.2. The molecule has 4 aliphatic heterocycles. The predicted octanol–water partition coefficient (Wildman–Crippen LogP) is 5.02. The first-order chi connectivity index (χ1) is 26.1. The molecule has 0 spiro atoms. The Labute approximate surface area is 328 Å². The van der Waals surface area contributed by atoms with Gasteiger partial charge in [0, 0.05) is 32.9 Å². The number of aliphatic carboxylic acids is 1. The van der Waals surface area contributed by atoms with Gasteiger partial charge in [0.05, 0.1) is 31.2 Å². The van der Waals surface area contributed by atoms with Crippen LogP contribution in [-0.4, -0.2) is 116 Å². The van der Waals surface area contributed by atoms with Crippen LogP contribution in [0.2, 0.25) is 5.02 Å². The molecule has 1 aromatic carbocycles. The van der Waals surface area contributed by atoms with Gasteiger partial charge in [-0.05, 0) is 83.3 Å². The number of ether oxygens (including phenoxy) is 5. The monoisotopic (exact) mass is 789 g/mol. The summed E-state index contributed by atoms with van der Waals surface area (Å²) in [6.07, 6.45) is 5.07. The van der Waals surface area contributed by atoms with Gasteiger partial charge in [0.15, 0.2) is 5.72 Å². The Hall–Kier alpha value is -3.69. The second kappa shape index (κ2) is 18.1. The Morgan fingerprint density at radius 3 is 2.53 bits per heavy atom. The highest BCUT2D eigenvalue weighted by Gasteiger charge is 2.64. The van der Waals surface area contributed by atoms with Crippen molar-refractivity contribution in [1.29, 1.82) is 0 Å². The zero-order chi connectivity index (χ0) is 40.1. The maximum atomic E-state index is 14.1. The van der Waals surface area contributed by atoms with Gasteiger partial charge in [0.2, 0.25) is 5.91 Å². The lowest BCUT2D eigenvalue weighted by atomic mass is 9.83. The molecule has 4 aliphatic rings. The van der Waals surface area contributed by atoms with E-state index in [4.69, 9.17) is 35.3 Å². The molecule has 55 heavy (non-hydrogen) atoms. The van der Waals surface area contributed by atoms with Crippen molar-refractivity contribution in [2.45, 2.75) is 114 Å². The molecule has 7 atom stereocenters. The van der Waals surface area contributed by atoms with E-state index < -0.39 is 59.7 Å². The van der Waals surface area contributed by atoms with Crippen LogP contribution in [0.1, 0.15) is 77.7 Å². The number of rotatable bonds is 10. The number of alkyl carbamates (subject to hydrolysis) is 1. The first kappa shape index (κ1) is 42.5. The molecule has 4 bridgehead atoms. The molecule has 0 saturated carbocycles. The third-order valence-corrected chi connectivity index (χ3v) is 11.9. The van der Waals surface area contributed by atoms with E-state index >= 15 is 0 Å². The third-order valence-electron chi connectivity index (χ3n) is 11.5. The van der Waals surface area contributed by atoms with Crippen molar-refractivity contribution in [3.63, 3.8) is 0 Å². The van der Waals surface area contributed by atoms with E-state index in [1.807, 2.05) is 32.1 Å². The number of likely N-dealkylation sites (tertiary alicyclic amines) is 1. The Bertz CT molecular complexity index is 1650. The van der Waals surface area contributed by atoms with Crippen LogP contribution >= 0.6 is 11.6 Å². The summed E-state index contributed by atoms with van der Waals surface area (Å²) < 4.78 is 29.3. The average Bonchev–Trinajstić information content (AvgIpc) is 3.84. The lowest BCUT2D eigenvalue weighted by Crippen LogP contribution is -2.63. The van der Waals surface area contributed by atoms with Gasteiger partial charge in [0.25, 0.3) is 0 Å². The Balaban J connectivity index is 1.36. The molecular weight excluding hydrogens is 734 g/mol. The zero-order valence-electron chi connectivity index (χ0n) is 32.7. The normalized spacial score (nSPS) is 30.8. The average molecular weight is 790 g/mol. The number of halogens is 1. The topological polar surface area (TPSA) is 177 Å². The number of nitrogens with one attached hydrogen (secondary N) is 1. The molecule has 5 rings (SSSR count). The van der Waals surface area contributed by atoms with Gasteiger partial charge in [-0.25, -0.2) is 4.79 Å². The van der Waals surface area contributed by atoms with Gasteiger partial charge in [-0.1, -0.05) is 48.7 Å². The summed E-state index contributed by atoms with van der Waals surface area (Å²) >= 11 is 6.77. The Morgan fingerprint density at radius 2 is 1.85 bits per heavy atom. The number of amides is 2. The Kier molecular flexibility index (Phi) is 13.9. The van der Waals surface area contributed by atoms with Crippen LogP contribution in [0.4, 0.5) is 10.5 Å². The molecule has 3 fully saturated rings. The summed E-state index contributed by atoms with van der Waals surface area (Å²) in [5, 5.41) is 23.8. The number of benzene rings is 1. The molecule has 15 heteroatoms. The molecule has 3 N–H and O–H groups in total. The van der Waals surface area contributed by atoms with Crippen LogP contribution in [0.25, 0.3) is 0 Å². The van der Waals surface area contributed by atoms with E-state index in [0.717, 1.165) is 43.6 Å². The summed E-state index contributed by atoms with van der Waals surface area (Å²) in [6, 6.07) is 3.63. The number of esters is 1. The Morgan fingerprint density at radius 1 is 1.13 bits per heavy atom. The van der Waals surface area contributed by atoms with E-state index in [0.29, 0.717) is 37.1 Å². The number of piperidine rings is 1. The molecule has 0 aliphatic carbocycles. The van der Waals surface area contributed by atoms with Gasteiger partial charge < -0.3 is 43.7 Å². The molecule has 1 aromatic rings. The van der Waals surface area contributed by atoms with Crippen LogP contribution < -0.4 is 15.0 Å². The minimum absolute atomic E-state index is 0.0186. The minimum atomic E-state index is -1.80. The lowest BCUT2D eigenvalue weighted by Gasteiger charge is -2.42. The maximum Gasteiger partial charge on any atom is 0.409 e. The van der Waals surface area contributed by atoms with Gasteiger partial charge in [-0.2, -0.15) is 0 Å². The van der Waals surface area contributed by atoms with E-state index in [1.54, 1.807) is 26.1 Å². The van der Waals surface area contributed by atoms with Crippen molar-refractivity contribution >= 4 is 41.2 Å². The fourth-order valence-corrected chi connectivity index (χ4v) is 8.32. The highest BCUT2D eigenvalue weighted by Crippen LogP contribution is 2.49. The summed E-state index contributed by atoms with van der Waals surface area (Å²) in [5.41, 5.74) is -0.707. The van der Waals surface area contributed by atoms with Crippen LogP contribution in [0, 0.1) is 11.8 Å². The number of anilines is 1. The molecule has 2 amide bonds. The maximum absolute atomic E-state index is 14.1. The van der Waals surface area contributed by atoms with Crippen molar-refractivity contribution < 1.29 is 53.1 Å². The first-order valence-electron chi connectivity index (χ1n) is 19.1. The van der Waals surface area contributed by atoms with Crippen LogP contribution in [0.5, 0.6) is 5.75 Å². The molecule has 0 radical (unpaired) electrons. The lowest BCUT2D eigenvalue weighted by molar-refractivity contribution is -0.154. The van der Waals surface area contributed by atoms with Gasteiger partial charge in [0.1, 0.15) is 34.7 Å². The molecule has 4 heterocycles. The van der Waals surface area contributed by atoms with Crippen LogP contribution in [0.3, 0.4) is 0 Å². The fraction of sp³-hybridized carbons (Fsp3) is 0.650. The number of hydrogen-bond acceptors (Lipinski definition) is 11. The van der Waals surface area contributed by atoms with Crippen molar-refractivity contribution in [3.05, 3.63) is 46.5 Å². The van der Waals surface area contributed by atoms with Crippen molar-refractivity contribution in [1.82, 2.24) is 10.2 Å². The van der Waals surface area contributed by atoms with Gasteiger partial charge >= 0.3 is 18.0 Å². The van der Waals surface area contributed by atoms with Crippen LogP contribution in [0.15, 0.2) is 35.9 Å². The van der Waals surface area contributed by atoms with Gasteiger partial charge in [-0.15, -0.1) is 0 Å². The predicted molar refractivity (Wildman–Crippen MR) is 204 cm³/mol. The SMILES string of the molecule is COc1cc2cc(c1Cl)N(C)C(=O)C[C@H](OC(=O)CCCCCN1CCC(C(=O)O)CC1)[C@]1(C)O[C@H]1C(C)[C@@H]1C[C@@](O)(NC(=O)O1)[C@H](OC)C=CC=C(C)C2. The molecule has 3 saturated heterocycles. The van der Waals surface area contributed by atoms with E-state index in [1.165, 1.54) is 19.1 Å². The smallest absolute Gasteiger partial charge is 0.409 e. The number of unbranched alkanes of at least 4 members (excludes halogenated alkanes) is 2. The number of carbonyl (C=O) groups excluding carboxylic acids is 3. The number of fused-ring (bicyclic) bond motifs is 5. The number of hydrogen-bond donors (Lipinski definition) is 3. The van der Waals surface area contributed by atoms with Crippen LogP contribution in [-0.2, 0) is 39.8 Å². The molecule has 1 unspecified atom stereocenters. The summed E-state index contributed by atoms with van der Waals surface area (Å²) in [5.74, 6) is -1.92. The largest absolute Gasteiger partial charge is 0.495 e. The van der Waals surface area contributed by atoms with E-state index in [-0.39, 0.29) is 36.1 Å². The first-order valence-corrected chi connectivity index (χ1v) is 19.5. The summed E-state index contributed by atoms with van der Waals surface area (Å²) in [4.78, 5) is 55.3. The van der Waals surface area contributed by atoms with Crippen molar-refractivity contribution in [3.8, 4) is 5.75 Å². The summed E-state index contributed by atoms with van der Waals surface area (Å²) in [6.45, 7) is 7.88. The van der Waals surface area contributed by atoms with Crippen molar-refractivity contribution in [2.24, 2.45) is 11.8 Å². The zero-order valence-corrected chi connectivity index (χ0v) is 33.4. The number of carboxylic acid groups (broad SMARTS) is 1. The number of allylic oxidation sites excluding steroid dienone is 3. The van der Waals surface area contributed by atoms with Gasteiger partial charge in [-0.3, -0.25) is 19.7 Å². The minimum Gasteiger partial charge on any atom is -0.495 e. The number of methoxy groups -OCH3 is 2. The standard InChI is InChI=1S/C40H56ClN3O11/c1-24-11-10-12-31(52-6)40(50)23-30(53-38(49)42-40)25(2)36-39(3,55-36)32(22-33(45)43(4)28-20-26(19-24)21-29(51-5)35(28)41)54-34(46)13-8-7-9-16-44-17-14-27(15-18-44)37(47)48/h10-12,20-21,25,27,30-32,36,50H,7-9,13-19,22-23H2,1-6H3,(H,42,49)(H,47,48)/t25?,30-,31+,32-,36-,39-,40-/m0/s1. The fourth-order valence-electron chi connectivity index (χ4n) is 8.01. The molecular formula is C40H56ClN3O11. The van der Waals surface area contributed by atoms with Crippen molar-refractivity contribution in [2.75, 3.05) is 45.8 Å². The second-order valence-corrected chi connectivity index (χ2v) is 15.9. The number of nitrogens with zero attached hydrogens (tertiary/aromatic N) is 2. The number of aliphatic hydroxyl groups is 1. The molecule has 0 aromatic heterocycles. The number of carbonyl (C=O) groups is 4. The van der Waals surface area contributed by atoms with E-state index in [9.17, 15) is 29.4 Å². The molecule has 304 valence electrons. The number of epoxide rings is 1. The highest BCUT2D eigenvalue weighted by atomic mass is 35.5.